The van der Waals surface area contributed by atoms with Gasteiger partial charge in [0.05, 0.1) is 0 Å². The van der Waals surface area contributed by atoms with E-state index in [1.165, 1.54) is 19.3 Å². The maximum atomic E-state index is 11.7. The first-order valence-electron chi connectivity index (χ1n) is 6.06. The number of carbonyl (C=O) groups excluding carboxylic acids is 1. The Morgan fingerprint density at radius 3 is 2.33 bits per heavy atom. The van der Waals surface area contributed by atoms with Crippen LogP contribution >= 0.6 is 0 Å². The van der Waals surface area contributed by atoms with Crippen LogP contribution in [0.25, 0.3) is 0 Å². The first-order valence-corrected chi connectivity index (χ1v) is 6.06. The van der Waals surface area contributed by atoms with Crippen molar-refractivity contribution in [2.75, 3.05) is 0 Å². The molecule has 15 heavy (non-hydrogen) atoms. The molecule has 3 heteroatoms. The van der Waals surface area contributed by atoms with Crippen LogP contribution in [-0.2, 0) is 9.53 Å². The topological polar surface area (TPSA) is 38.3 Å². The van der Waals surface area contributed by atoms with Crippen LogP contribution in [0.15, 0.2) is 0 Å². The minimum absolute atomic E-state index is 0.101. The minimum atomic E-state index is -0.188. The van der Waals surface area contributed by atoms with E-state index in [4.69, 9.17) is 4.74 Å². The lowest BCUT2D eigenvalue weighted by Gasteiger charge is -2.24. The lowest BCUT2D eigenvalue weighted by atomic mass is 9.98. The lowest BCUT2D eigenvalue weighted by Crippen LogP contribution is -2.41. The van der Waals surface area contributed by atoms with Crippen LogP contribution in [0.2, 0.25) is 0 Å². The molecule has 0 aromatic heterocycles. The standard InChI is InChI=1S/C12H23NO2/c1-9(2)13-10(3)12(14)15-11-7-5-4-6-8-11/h9-11,13H,4-8H2,1-3H3/t10-/m1/s1. The highest BCUT2D eigenvalue weighted by molar-refractivity contribution is 5.75. The van der Waals surface area contributed by atoms with E-state index < -0.39 is 0 Å². The van der Waals surface area contributed by atoms with Gasteiger partial charge in [-0.05, 0) is 32.6 Å². The second kappa shape index (κ2) is 6.11. The zero-order valence-corrected chi connectivity index (χ0v) is 10.1. The van der Waals surface area contributed by atoms with Crippen molar-refractivity contribution in [1.29, 1.82) is 0 Å². The number of rotatable bonds is 4. The minimum Gasteiger partial charge on any atom is -0.461 e. The van der Waals surface area contributed by atoms with E-state index in [9.17, 15) is 4.79 Å². The van der Waals surface area contributed by atoms with E-state index in [1.54, 1.807) is 0 Å². The third-order valence-electron chi connectivity index (χ3n) is 2.77. The highest BCUT2D eigenvalue weighted by atomic mass is 16.5. The van der Waals surface area contributed by atoms with E-state index in [0.717, 1.165) is 12.8 Å². The van der Waals surface area contributed by atoms with Crippen LogP contribution in [0.1, 0.15) is 52.9 Å². The molecule has 0 aromatic carbocycles. The maximum Gasteiger partial charge on any atom is 0.323 e. The molecule has 3 nitrogen and oxygen atoms in total. The summed E-state index contributed by atoms with van der Waals surface area (Å²) in [5, 5.41) is 3.16. The van der Waals surface area contributed by atoms with E-state index in [1.807, 2.05) is 20.8 Å². The normalized spacial score (nSPS) is 20.3. The molecule has 1 atom stereocenters. The molecule has 1 fully saturated rings. The van der Waals surface area contributed by atoms with E-state index in [2.05, 4.69) is 5.32 Å². The summed E-state index contributed by atoms with van der Waals surface area (Å²) >= 11 is 0. The van der Waals surface area contributed by atoms with Crippen LogP contribution in [0.4, 0.5) is 0 Å². The summed E-state index contributed by atoms with van der Waals surface area (Å²) in [5.41, 5.74) is 0. The van der Waals surface area contributed by atoms with Gasteiger partial charge >= 0.3 is 5.97 Å². The van der Waals surface area contributed by atoms with Crippen molar-refractivity contribution < 1.29 is 9.53 Å². The fourth-order valence-corrected chi connectivity index (χ4v) is 2.02. The summed E-state index contributed by atoms with van der Waals surface area (Å²) in [6, 6.07) is 0.130. The highest BCUT2D eigenvalue weighted by Gasteiger charge is 2.21. The van der Waals surface area contributed by atoms with Crippen LogP contribution in [0.5, 0.6) is 0 Å². The Morgan fingerprint density at radius 1 is 1.20 bits per heavy atom. The summed E-state index contributed by atoms with van der Waals surface area (Å²) in [7, 11) is 0. The van der Waals surface area contributed by atoms with Gasteiger partial charge in [0, 0.05) is 6.04 Å². The molecular weight excluding hydrogens is 190 g/mol. The third kappa shape index (κ3) is 4.65. The third-order valence-corrected chi connectivity index (χ3v) is 2.77. The molecule has 0 spiro atoms. The van der Waals surface area contributed by atoms with Gasteiger partial charge in [-0.25, -0.2) is 0 Å². The zero-order valence-electron chi connectivity index (χ0n) is 10.1. The monoisotopic (exact) mass is 213 g/mol. The Kier molecular flexibility index (Phi) is 5.09. The maximum absolute atomic E-state index is 11.7. The Bertz CT molecular complexity index is 198. The van der Waals surface area contributed by atoms with Crippen molar-refractivity contribution in [3.63, 3.8) is 0 Å². The Balaban J connectivity index is 2.27. The summed E-state index contributed by atoms with van der Waals surface area (Å²) in [6.07, 6.45) is 5.94. The van der Waals surface area contributed by atoms with E-state index in [0.29, 0.717) is 6.04 Å². The summed E-state index contributed by atoms with van der Waals surface area (Å²) < 4.78 is 5.45. The summed E-state index contributed by atoms with van der Waals surface area (Å²) in [5.74, 6) is -0.101. The fourth-order valence-electron chi connectivity index (χ4n) is 2.02. The Hall–Kier alpha value is -0.570. The smallest absolute Gasteiger partial charge is 0.323 e. The van der Waals surface area contributed by atoms with Gasteiger partial charge in [-0.3, -0.25) is 4.79 Å². The number of nitrogens with one attached hydrogen (secondary N) is 1. The molecule has 1 aliphatic carbocycles. The van der Waals surface area contributed by atoms with Crippen LogP contribution in [0, 0.1) is 0 Å². The average molecular weight is 213 g/mol. The summed E-state index contributed by atoms with van der Waals surface area (Å²) in [4.78, 5) is 11.7. The zero-order chi connectivity index (χ0) is 11.3. The van der Waals surface area contributed by atoms with Gasteiger partial charge in [-0.2, -0.15) is 0 Å². The molecule has 0 heterocycles. The first-order chi connectivity index (χ1) is 7.09. The first kappa shape index (κ1) is 12.5. The fraction of sp³-hybridized carbons (Fsp3) is 0.917. The molecule has 0 unspecified atom stereocenters. The second-order valence-corrected chi connectivity index (χ2v) is 4.74. The molecule has 1 aliphatic rings. The van der Waals surface area contributed by atoms with Crippen LogP contribution in [0.3, 0.4) is 0 Å². The molecule has 1 rings (SSSR count). The number of hydrogen-bond donors (Lipinski definition) is 1. The van der Waals surface area contributed by atoms with Gasteiger partial charge in [0.2, 0.25) is 0 Å². The lowest BCUT2D eigenvalue weighted by molar-refractivity contribution is -0.152. The van der Waals surface area contributed by atoms with Crippen molar-refractivity contribution >= 4 is 5.97 Å². The molecule has 1 saturated carbocycles. The molecule has 1 N–H and O–H groups in total. The molecule has 0 aromatic rings. The van der Waals surface area contributed by atoms with Crippen LogP contribution in [-0.4, -0.2) is 24.2 Å². The molecular formula is C12H23NO2. The largest absolute Gasteiger partial charge is 0.461 e. The van der Waals surface area contributed by atoms with Crippen molar-refractivity contribution in [3.05, 3.63) is 0 Å². The van der Waals surface area contributed by atoms with Gasteiger partial charge in [0.15, 0.2) is 0 Å². The molecule has 0 bridgehead atoms. The van der Waals surface area contributed by atoms with Crippen molar-refractivity contribution in [3.8, 4) is 0 Å². The van der Waals surface area contributed by atoms with Crippen LogP contribution < -0.4 is 5.32 Å². The molecule has 0 radical (unpaired) electrons. The van der Waals surface area contributed by atoms with Gasteiger partial charge in [0.25, 0.3) is 0 Å². The summed E-state index contributed by atoms with van der Waals surface area (Å²) in [6.45, 7) is 5.93. The number of hydrogen-bond acceptors (Lipinski definition) is 3. The van der Waals surface area contributed by atoms with Crippen molar-refractivity contribution in [2.24, 2.45) is 0 Å². The number of ether oxygens (including phenoxy) is 1. The van der Waals surface area contributed by atoms with Gasteiger partial charge in [-0.1, -0.05) is 20.3 Å². The molecule has 88 valence electrons. The number of carbonyl (C=O) groups is 1. The quantitative estimate of drug-likeness (QED) is 0.728. The van der Waals surface area contributed by atoms with Gasteiger partial charge in [0.1, 0.15) is 12.1 Å². The predicted molar refractivity (Wildman–Crippen MR) is 60.7 cm³/mol. The second-order valence-electron chi connectivity index (χ2n) is 4.74. The SMILES string of the molecule is CC(C)N[C@H](C)C(=O)OC1CCCCC1. The molecule has 0 amide bonds. The average Bonchev–Trinajstić information content (AvgIpc) is 2.18. The highest BCUT2D eigenvalue weighted by Crippen LogP contribution is 2.20. The Morgan fingerprint density at radius 2 is 1.80 bits per heavy atom. The van der Waals surface area contributed by atoms with E-state index in [-0.39, 0.29) is 18.1 Å². The molecule has 0 aliphatic heterocycles. The predicted octanol–water partition coefficient (Wildman–Crippen LogP) is 2.25. The molecule has 0 saturated heterocycles. The van der Waals surface area contributed by atoms with Gasteiger partial charge in [-0.15, -0.1) is 0 Å². The number of esters is 1. The van der Waals surface area contributed by atoms with E-state index >= 15 is 0 Å². The van der Waals surface area contributed by atoms with Crippen molar-refractivity contribution in [1.82, 2.24) is 5.32 Å². The Labute approximate surface area is 92.6 Å². The van der Waals surface area contributed by atoms with Crippen molar-refractivity contribution in [2.45, 2.75) is 71.1 Å². The van der Waals surface area contributed by atoms with Gasteiger partial charge < -0.3 is 10.1 Å².